The Balaban J connectivity index is 1.41. The zero-order chi connectivity index (χ0) is 22.3. The molecule has 7 nitrogen and oxygen atoms in total. The van der Waals surface area contributed by atoms with Gasteiger partial charge in [0, 0.05) is 63.8 Å². The van der Waals surface area contributed by atoms with Gasteiger partial charge in [-0.25, -0.2) is 0 Å². The smallest absolute Gasteiger partial charge is 0.254 e. The van der Waals surface area contributed by atoms with Crippen LogP contribution >= 0.6 is 0 Å². The molecule has 0 aliphatic carbocycles. The highest BCUT2D eigenvalue weighted by Crippen LogP contribution is 2.32. The molecule has 0 aromatic heterocycles. The summed E-state index contributed by atoms with van der Waals surface area (Å²) in [6.45, 7) is 12.6. The largest absolute Gasteiger partial charge is 0.337 e. The maximum Gasteiger partial charge on any atom is 0.254 e. The Kier molecular flexibility index (Phi) is 5.81. The summed E-state index contributed by atoms with van der Waals surface area (Å²) in [5, 5.41) is 0. The molecule has 3 heterocycles. The molecular weight excluding hydrogens is 392 g/mol. The van der Waals surface area contributed by atoms with Crippen LogP contribution in [0.15, 0.2) is 18.2 Å². The Bertz CT molecular complexity index is 883. The van der Waals surface area contributed by atoms with Gasteiger partial charge in [0.05, 0.1) is 0 Å². The lowest BCUT2D eigenvalue weighted by molar-refractivity contribution is -0.143. The number of fused-ring (bicyclic) bond motifs is 1. The maximum absolute atomic E-state index is 13.3. The molecule has 3 amide bonds. The Hall–Kier alpha value is -2.41. The molecule has 0 saturated carbocycles. The van der Waals surface area contributed by atoms with Crippen molar-refractivity contribution in [3.05, 3.63) is 34.9 Å². The molecule has 0 N–H and O–H groups in total. The van der Waals surface area contributed by atoms with Crippen molar-refractivity contribution >= 4 is 17.7 Å². The zero-order valence-electron chi connectivity index (χ0n) is 19.2. The molecule has 4 rings (SSSR count). The van der Waals surface area contributed by atoms with Gasteiger partial charge in [0.15, 0.2) is 0 Å². The number of rotatable bonds is 2. The third kappa shape index (κ3) is 4.20. The van der Waals surface area contributed by atoms with E-state index in [1.54, 1.807) is 4.90 Å². The maximum atomic E-state index is 13.3. The average Bonchev–Trinajstić information content (AvgIpc) is 3.39. The van der Waals surface area contributed by atoms with E-state index < -0.39 is 0 Å². The van der Waals surface area contributed by atoms with Gasteiger partial charge in [0.25, 0.3) is 5.91 Å². The molecule has 0 bridgehead atoms. The molecule has 1 aromatic rings. The van der Waals surface area contributed by atoms with Gasteiger partial charge in [-0.1, -0.05) is 12.1 Å². The molecular formula is C24H34N4O3. The first-order chi connectivity index (χ1) is 14.7. The van der Waals surface area contributed by atoms with Crippen LogP contribution in [-0.4, -0.2) is 81.6 Å². The summed E-state index contributed by atoms with van der Waals surface area (Å²) < 4.78 is 0. The van der Waals surface area contributed by atoms with Gasteiger partial charge in [-0.15, -0.1) is 0 Å². The summed E-state index contributed by atoms with van der Waals surface area (Å²) in [5.41, 5.74) is 3.23. The number of likely N-dealkylation sites (tertiary alicyclic amines) is 1. The number of carbonyl (C=O) groups excluding carboxylic acids is 3. The lowest BCUT2D eigenvalue weighted by Crippen LogP contribution is -2.55. The topological polar surface area (TPSA) is 64.2 Å². The van der Waals surface area contributed by atoms with Crippen molar-refractivity contribution in [1.82, 2.24) is 19.6 Å². The Morgan fingerprint density at radius 1 is 0.935 bits per heavy atom. The van der Waals surface area contributed by atoms with Crippen LogP contribution in [0.1, 0.15) is 62.0 Å². The monoisotopic (exact) mass is 426 g/mol. The van der Waals surface area contributed by atoms with Crippen molar-refractivity contribution in [3.63, 3.8) is 0 Å². The lowest BCUT2D eigenvalue weighted by atomic mass is 10.0. The van der Waals surface area contributed by atoms with Crippen molar-refractivity contribution in [2.45, 2.75) is 65.2 Å². The fraction of sp³-hybridized carbons (Fsp3) is 0.625. The van der Waals surface area contributed by atoms with Gasteiger partial charge in [-0.05, 0) is 50.8 Å². The molecule has 2 saturated heterocycles. The molecule has 31 heavy (non-hydrogen) atoms. The van der Waals surface area contributed by atoms with E-state index in [1.165, 1.54) is 12.5 Å². The quantitative estimate of drug-likeness (QED) is 0.727. The Morgan fingerprint density at radius 3 is 2.26 bits per heavy atom. The van der Waals surface area contributed by atoms with E-state index in [0.717, 1.165) is 37.1 Å². The summed E-state index contributed by atoms with van der Waals surface area (Å²) in [6, 6.07) is 5.71. The summed E-state index contributed by atoms with van der Waals surface area (Å²) in [5.74, 6) is 0.0547. The van der Waals surface area contributed by atoms with Crippen LogP contribution in [0.3, 0.4) is 0 Å². The Morgan fingerprint density at radius 2 is 1.61 bits per heavy atom. The summed E-state index contributed by atoms with van der Waals surface area (Å²) in [4.78, 5) is 45.9. The first-order valence-corrected chi connectivity index (χ1v) is 11.4. The third-order valence-electron chi connectivity index (χ3n) is 6.98. The summed E-state index contributed by atoms with van der Waals surface area (Å²) in [7, 11) is 0. The van der Waals surface area contributed by atoms with Crippen LogP contribution in [0.25, 0.3) is 0 Å². The van der Waals surface area contributed by atoms with E-state index in [2.05, 4.69) is 31.7 Å². The molecule has 7 heteroatoms. The van der Waals surface area contributed by atoms with Gasteiger partial charge < -0.3 is 14.7 Å². The number of hydrogen-bond acceptors (Lipinski definition) is 4. The molecule has 1 aromatic carbocycles. The summed E-state index contributed by atoms with van der Waals surface area (Å²) >= 11 is 0. The minimum Gasteiger partial charge on any atom is -0.337 e. The van der Waals surface area contributed by atoms with Gasteiger partial charge in [0.2, 0.25) is 11.8 Å². The van der Waals surface area contributed by atoms with Crippen LogP contribution in [0.4, 0.5) is 0 Å². The first kappa shape index (κ1) is 21.8. The van der Waals surface area contributed by atoms with E-state index in [-0.39, 0.29) is 29.3 Å². The van der Waals surface area contributed by atoms with E-state index in [1.807, 2.05) is 21.9 Å². The predicted octanol–water partition coefficient (Wildman–Crippen LogP) is 2.10. The highest BCUT2D eigenvalue weighted by molar-refractivity contribution is 5.96. The number of benzene rings is 1. The number of nitrogens with zero attached hydrogens (tertiary/aromatic N) is 4. The molecule has 1 atom stereocenters. The first-order valence-electron chi connectivity index (χ1n) is 11.4. The minimum absolute atomic E-state index is 0.0289. The van der Waals surface area contributed by atoms with Crippen molar-refractivity contribution in [2.75, 3.05) is 32.7 Å². The fourth-order valence-electron chi connectivity index (χ4n) is 5.01. The molecule has 2 fully saturated rings. The van der Waals surface area contributed by atoms with Gasteiger partial charge in [-0.3, -0.25) is 19.3 Å². The van der Waals surface area contributed by atoms with Crippen molar-refractivity contribution in [1.29, 1.82) is 0 Å². The van der Waals surface area contributed by atoms with Gasteiger partial charge in [-0.2, -0.15) is 0 Å². The Labute approximate surface area is 185 Å². The molecule has 0 radical (unpaired) electrons. The predicted molar refractivity (Wildman–Crippen MR) is 118 cm³/mol. The van der Waals surface area contributed by atoms with E-state index >= 15 is 0 Å². The summed E-state index contributed by atoms with van der Waals surface area (Å²) in [6.07, 6.45) is 1.61. The van der Waals surface area contributed by atoms with Crippen LogP contribution in [-0.2, 0) is 22.7 Å². The molecule has 1 unspecified atom stereocenters. The normalized spacial score (nSPS) is 22.1. The van der Waals surface area contributed by atoms with Crippen LogP contribution in [0, 0.1) is 0 Å². The second kappa shape index (κ2) is 8.26. The van der Waals surface area contributed by atoms with Crippen molar-refractivity contribution in [3.8, 4) is 0 Å². The molecule has 0 spiro atoms. The highest BCUT2D eigenvalue weighted by Gasteiger charge is 2.37. The molecule has 3 aliphatic rings. The SMILES string of the molecule is CC(=O)N1CCCC1C(=O)N1CCN(C(=O)c2cccc3c2CN(C(C)(C)C)C3)CC1. The third-order valence-corrected chi connectivity index (χ3v) is 6.98. The van der Waals surface area contributed by atoms with Crippen LogP contribution in [0.5, 0.6) is 0 Å². The highest BCUT2D eigenvalue weighted by atomic mass is 16.2. The van der Waals surface area contributed by atoms with Crippen molar-refractivity contribution < 1.29 is 14.4 Å². The van der Waals surface area contributed by atoms with E-state index in [9.17, 15) is 14.4 Å². The molecule has 3 aliphatic heterocycles. The second-order valence-corrected chi connectivity index (χ2v) is 9.96. The van der Waals surface area contributed by atoms with Crippen molar-refractivity contribution in [2.24, 2.45) is 0 Å². The lowest BCUT2D eigenvalue weighted by Gasteiger charge is -2.37. The van der Waals surface area contributed by atoms with Gasteiger partial charge >= 0.3 is 0 Å². The number of hydrogen-bond donors (Lipinski definition) is 0. The zero-order valence-corrected chi connectivity index (χ0v) is 19.2. The number of piperazine rings is 1. The van der Waals surface area contributed by atoms with Gasteiger partial charge in [0.1, 0.15) is 6.04 Å². The average molecular weight is 427 g/mol. The fourth-order valence-corrected chi connectivity index (χ4v) is 5.01. The van der Waals surface area contributed by atoms with Crippen LogP contribution < -0.4 is 0 Å². The van der Waals surface area contributed by atoms with Crippen LogP contribution in [0.2, 0.25) is 0 Å². The standard InChI is InChI=1S/C24H34N4O3/c1-17(29)28-10-6-9-21(28)23(31)26-13-11-25(12-14-26)22(30)19-8-5-7-18-15-27(16-20(18)19)24(2,3)4/h5,7-8,21H,6,9-16H2,1-4H3. The van der Waals surface area contributed by atoms with E-state index in [0.29, 0.717) is 32.7 Å². The number of amides is 3. The van der Waals surface area contributed by atoms with E-state index in [4.69, 9.17) is 0 Å². The minimum atomic E-state index is -0.333. The second-order valence-electron chi connectivity index (χ2n) is 9.96. The molecule has 168 valence electrons. The number of carbonyl (C=O) groups is 3.